The number of amides is 2. The molecular weight excluding hydrogens is 474 g/mol. The molecule has 2 amide bonds. The number of para-hydroxylation sites is 2. The van der Waals surface area contributed by atoms with Crippen LogP contribution in [0.3, 0.4) is 0 Å². The number of methoxy groups -OCH3 is 1. The number of benzene rings is 3. The van der Waals surface area contributed by atoms with Crippen molar-refractivity contribution in [1.29, 1.82) is 0 Å². The number of rotatable bonds is 4. The summed E-state index contributed by atoms with van der Waals surface area (Å²) in [5, 5.41) is 1.69. The van der Waals surface area contributed by atoms with Crippen LogP contribution in [-0.4, -0.2) is 46.8 Å². The molecule has 3 heterocycles. The van der Waals surface area contributed by atoms with E-state index in [-0.39, 0.29) is 24.3 Å². The van der Waals surface area contributed by atoms with Crippen molar-refractivity contribution >= 4 is 34.3 Å². The fourth-order valence-electron chi connectivity index (χ4n) is 5.88. The number of piperazine rings is 1. The van der Waals surface area contributed by atoms with Crippen molar-refractivity contribution in [2.24, 2.45) is 0 Å². The Hall–Kier alpha value is -3.77. The minimum Gasteiger partial charge on any atom is -0.496 e. The summed E-state index contributed by atoms with van der Waals surface area (Å²) in [4.78, 5) is 34.8. The molecule has 2 atom stereocenters. The van der Waals surface area contributed by atoms with Gasteiger partial charge in [-0.1, -0.05) is 66.2 Å². The van der Waals surface area contributed by atoms with Crippen molar-refractivity contribution in [2.75, 3.05) is 20.2 Å². The first-order valence-electron chi connectivity index (χ1n) is 12.0. The molecule has 1 saturated heterocycles. The second-order valence-electron chi connectivity index (χ2n) is 9.58. The van der Waals surface area contributed by atoms with Crippen LogP contribution < -0.4 is 4.74 Å². The zero-order chi connectivity index (χ0) is 25.0. The normalized spacial score (nSPS) is 21.5. The van der Waals surface area contributed by atoms with Crippen molar-refractivity contribution in [1.82, 2.24) is 14.8 Å². The molecule has 6 rings (SSSR count). The Bertz CT molecular complexity index is 1510. The zero-order valence-electron chi connectivity index (χ0n) is 20.1. The van der Waals surface area contributed by atoms with Gasteiger partial charge in [0.2, 0.25) is 5.91 Å². The van der Waals surface area contributed by atoms with Gasteiger partial charge in [0.05, 0.1) is 12.8 Å². The van der Waals surface area contributed by atoms with Gasteiger partial charge in [-0.05, 0) is 36.2 Å². The lowest BCUT2D eigenvalue weighted by Crippen LogP contribution is -2.67. The molecule has 182 valence electrons. The summed E-state index contributed by atoms with van der Waals surface area (Å²) >= 11 is 6.66. The van der Waals surface area contributed by atoms with E-state index in [1.165, 1.54) is 0 Å². The van der Waals surface area contributed by atoms with E-state index >= 15 is 0 Å². The number of carbonyl (C=O) groups is 2. The highest BCUT2D eigenvalue weighted by Crippen LogP contribution is 2.49. The molecule has 1 N–H and O–H groups in total. The first kappa shape index (κ1) is 22.7. The first-order chi connectivity index (χ1) is 17.4. The van der Waals surface area contributed by atoms with E-state index in [4.69, 9.17) is 16.3 Å². The maximum atomic E-state index is 14.2. The predicted octanol–water partition coefficient (Wildman–Crippen LogP) is 5.06. The molecule has 36 heavy (non-hydrogen) atoms. The highest BCUT2D eigenvalue weighted by atomic mass is 35.5. The molecule has 0 saturated carbocycles. The average molecular weight is 500 g/mol. The number of hydrogen-bond donors (Lipinski definition) is 1. The SMILES string of the molecule is COc1ccccc1CN1CC(=O)N2CC(c3ccccc3Cl)c3c([nH]c4ccccc34)C2(C)C1=O. The van der Waals surface area contributed by atoms with Crippen LogP contribution in [0.2, 0.25) is 5.02 Å². The van der Waals surface area contributed by atoms with Crippen LogP contribution in [0.5, 0.6) is 5.75 Å². The van der Waals surface area contributed by atoms with Crippen molar-refractivity contribution in [3.63, 3.8) is 0 Å². The van der Waals surface area contributed by atoms with E-state index in [0.717, 1.165) is 33.3 Å². The molecule has 2 aliphatic rings. The lowest BCUT2D eigenvalue weighted by Gasteiger charge is -2.51. The van der Waals surface area contributed by atoms with Crippen molar-refractivity contribution in [2.45, 2.75) is 24.9 Å². The number of nitrogens with zero attached hydrogens (tertiary/aromatic N) is 2. The number of nitrogens with one attached hydrogen (secondary N) is 1. The second kappa shape index (κ2) is 8.42. The number of aromatic nitrogens is 1. The molecular formula is C29H26ClN3O3. The minimum atomic E-state index is -1.16. The van der Waals surface area contributed by atoms with E-state index in [0.29, 0.717) is 23.9 Å². The third-order valence-electron chi connectivity index (χ3n) is 7.65. The van der Waals surface area contributed by atoms with Crippen molar-refractivity contribution < 1.29 is 14.3 Å². The van der Waals surface area contributed by atoms with Crippen LogP contribution in [0.1, 0.15) is 35.2 Å². The molecule has 2 unspecified atom stereocenters. The summed E-state index contributed by atoms with van der Waals surface area (Å²) < 4.78 is 5.50. The van der Waals surface area contributed by atoms with E-state index in [2.05, 4.69) is 11.1 Å². The number of ether oxygens (including phenoxy) is 1. The van der Waals surface area contributed by atoms with Crippen LogP contribution in [0, 0.1) is 0 Å². The Morgan fingerprint density at radius 1 is 1.03 bits per heavy atom. The predicted molar refractivity (Wildman–Crippen MR) is 139 cm³/mol. The van der Waals surface area contributed by atoms with Gasteiger partial charge in [-0.25, -0.2) is 0 Å². The number of carbonyl (C=O) groups excluding carboxylic acids is 2. The van der Waals surface area contributed by atoms with Crippen LogP contribution >= 0.6 is 11.6 Å². The van der Waals surface area contributed by atoms with Gasteiger partial charge in [-0.2, -0.15) is 0 Å². The van der Waals surface area contributed by atoms with Gasteiger partial charge in [0.1, 0.15) is 12.3 Å². The molecule has 3 aromatic carbocycles. The maximum Gasteiger partial charge on any atom is 0.255 e. The minimum absolute atomic E-state index is 0.0112. The molecule has 1 aromatic heterocycles. The maximum absolute atomic E-state index is 14.2. The third kappa shape index (κ3) is 3.24. The molecule has 2 aliphatic heterocycles. The fraction of sp³-hybridized carbons (Fsp3) is 0.241. The number of fused-ring (bicyclic) bond motifs is 5. The quantitative estimate of drug-likeness (QED) is 0.427. The highest BCUT2D eigenvalue weighted by Gasteiger charge is 2.56. The van der Waals surface area contributed by atoms with Gasteiger partial charge in [0.25, 0.3) is 5.91 Å². The second-order valence-corrected chi connectivity index (χ2v) is 9.99. The Morgan fingerprint density at radius 3 is 2.56 bits per heavy atom. The van der Waals surface area contributed by atoms with Gasteiger partial charge in [-0.3, -0.25) is 9.59 Å². The standard InChI is InChI=1S/C29H26ClN3O3/c1-29-27-26(20-11-5-7-13-23(20)31-27)21(19-10-4-6-12-22(19)30)16-33(29)25(34)17-32(28(29)35)15-18-9-3-8-14-24(18)36-2/h3-14,21,31H,15-17H2,1-2H3. The van der Waals surface area contributed by atoms with Crippen LogP contribution in [0.4, 0.5) is 0 Å². The fourth-order valence-corrected chi connectivity index (χ4v) is 6.15. The molecule has 7 heteroatoms. The third-order valence-corrected chi connectivity index (χ3v) is 8.00. The number of H-pyrrole nitrogens is 1. The van der Waals surface area contributed by atoms with Gasteiger partial charge in [0, 0.05) is 40.5 Å². The van der Waals surface area contributed by atoms with Gasteiger partial charge in [-0.15, -0.1) is 0 Å². The molecule has 6 nitrogen and oxygen atoms in total. The van der Waals surface area contributed by atoms with Crippen molar-refractivity contribution in [3.05, 3.63) is 100 Å². The lowest BCUT2D eigenvalue weighted by atomic mass is 9.76. The summed E-state index contributed by atoms with van der Waals surface area (Å²) in [6.45, 7) is 2.54. The van der Waals surface area contributed by atoms with Gasteiger partial charge in [0.15, 0.2) is 5.54 Å². The Labute approximate surface area is 214 Å². The average Bonchev–Trinajstić information content (AvgIpc) is 3.29. The monoisotopic (exact) mass is 499 g/mol. The summed E-state index contributed by atoms with van der Waals surface area (Å²) in [7, 11) is 1.61. The first-order valence-corrected chi connectivity index (χ1v) is 12.4. The number of halogens is 1. The summed E-state index contributed by atoms with van der Waals surface area (Å²) in [6.07, 6.45) is 0. The Morgan fingerprint density at radius 2 is 1.75 bits per heavy atom. The lowest BCUT2D eigenvalue weighted by molar-refractivity contribution is -0.166. The largest absolute Gasteiger partial charge is 0.496 e. The molecule has 0 spiro atoms. The van der Waals surface area contributed by atoms with E-state index in [1.807, 2.05) is 73.7 Å². The summed E-state index contributed by atoms with van der Waals surface area (Å²) in [6, 6.07) is 23.4. The van der Waals surface area contributed by atoms with Crippen LogP contribution in [-0.2, 0) is 21.7 Å². The molecule has 1 fully saturated rings. The molecule has 0 aliphatic carbocycles. The summed E-state index contributed by atoms with van der Waals surface area (Å²) in [5.41, 5.74) is 3.36. The van der Waals surface area contributed by atoms with Crippen LogP contribution in [0.15, 0.2) is 72.8 Å². The number of aromatic amines is 1. The van der Waals surface area contributed by atoms with Crippen molar-refractivity contribution in [3.8, 4) is 5.75 Å². The highest BCUT2D eigenvalue weighted by molar-refractivity contribution is 6.31. The van der Waals surface area contributed by atoms with E-state index in [1.54, 1.807) is 16.9 Å². The topological polar surface area (TPSA) is 65.6 Å². The van der Waals surface area contributed by atoms with Gasteiger partial charge < -0.3 is 19.5 Å². The smallest absolute Gasteiger partial charge is 0.255 e. The Balaban J connectivity index is 1.51. The van der Waals surface area contributed by atoms with E-state index < -0.39 is 5.54 Å². The zero-order valence-corrected chi connectivity index (χ0v) is 20.9. The Kier molecular flexibility index (Phi) is 5.30. The summed E-state index contributed by atoms with van der Waals surface area (Å²) in [5.74, 6) is 0.335. The number of hydrogen-bond acceptors (Lipinski definition) is 3. The molecule has 0 bridgehead atoms. The van der Waals surface area contributed by atoms with E-state index in [9.17, 15) is 9.59 Å². The molecule has 4 aromatic rings. The van der Waals surface area contributed by atoms with Crippen LogP contribution in [0.25, 0.3) is 10.9 Å². The molecule has 0 radical (unpaired) electrons. The van der Waals surface area contributed by atoms with Gasteiger partial charge >= 0.3 is 0 Å².